The quantitative estimate of drug-likeness (QED) is 0.701. The van der Waals surface area contributed by atoms with Gasteiger partial charge in [0.05, 0.1) is 7.11 Å². The molecule has 1 aromatic rings. The molecule has 0 aromatic carbocycles. The summed E-state index contributed by atoms with van der Waals surface area (Å²) in [5.41, 5.74) is 5.65. The number of amides is 1. The van der Waals surface area contributed by atoms with Crippen molar-refractivity contribution in [3.8, 4) is 5.75 Å². The average Bonchev–Trinajstić information content (AvgIpc) is 2.28. The number of aromatic nitrogens is 2. The fourth-order valence-corrected chi connectivity index (χ4v) is 1.37. The van der Waals surface area contributed by atoms with Crippen LogP contribution in [0.15, 0.2) is 6.33 Å². The second-order valence-electron chi connectivity index (χ2n) is 4.17. The third-order valence-corrected chi connectivity index (χ3v) is 2.21. The van der Waals surface area contributed by atoms with Gasteiger partial charge in [-0.25, -0.2) is 9.97 Å². The van der Waals surface area contributed by atoms with Gasteiger partial charge in [-0.05, 0) is 20.8 Å². The van der Waals surface area contributed by atoms with E-state index in [-0.39, 0.29) is 17.8 Å². The molecule has 0 spiro atoms. The predicted octanol–water partition coefficient (Wildman–Crippen LogP) is 0.392. The summed E-state index contributed by atoms with van der Waals surface area (Å²) in [5.74, 6) is 0.841. The Morgan fingerprint density at radius 1 is 1.39 bits per heavy atom. The van der Waals surface area contributed by atoms with Gasteiger partial charge in [0.25, 0.3) is 0 Å². The minimum absolute atomic E-state index is 0.0825. The van der Waals surface area contributed by atoms with E-state index >= 15 is 0 Å². The number of nitrogens with zero attached hydrogens (tertiary/aromatic N) is 2. The van der Waals surface area contributed by atoms with Crippen molar-refractivity contribution in [3.05, 3.63) is 6.33 Å². The highest BCUT2D eigenvalue weighted by Gasteiger charge is 2.17. The number of carbonyl (C=O) groups excluding carboxylic acids is 1. The summed E-state index contributed by atoms with van der Waals surface area (Å²) in [6.45, 7) is 5.53. The third-order valence-electron chi connectivity index (χ3n) is 2.21. The number of nitrogen functional groups attached to an aromatic ring is 1. The minimum Gasteiger partial charge on any atom is -0.490 e. The molecule has 0 bridgehead atoms. The molecule has 0 aliphatic carbocycles. The first-order valence-corrected chi connectivity index (χ1v) is 5.67. The van der Waals surface area contributed by atoms with Crippen LogP contribution in [0.3, 0.4) is 0 Å². The highest BCUT2D eigenvalue weighted by molar-refractivity contribution is 5.84. The lowest BCUT2D eigenvalue weighted by Gasteiger charge is -2.18. The number of hydrogen-bond acceptors (Lipinski definition) is 6. The van der Waals surface area contributed by atoms with Gasteiger partial charge in [0.2, 0.25) is 11.7 Å². The van der Waals surface area contributed by atoms with Gasteiger partial charge in [-0.3, -0.25) is 4.79 Å². The molecule has 18 heavy (non-hydrogen) atoms. The topological polar surface area (TPSA) is 102 Å². The van der Waals surface area contributed by atoms with Gasteiger partial charge < -0.3 is 21.1 Å². The van der Waals surface area contributed by atoms with Crippen LogP contribution in [0.25, 0.3) is 0 Å². The van der Waals surface area contributed by atoms with Crippen molar-refractivity contribution in [2.45, 2.75) is 32.9 Å². The second kappa shape index (κ2) is 6.04. The van der Waals surface area contributed by atoms with E-state index < -0.39 is 6.04 Å². The zero-order valence-electron chi connectivity index (χ0n) is 11.0. The van der Waals surface area contributed by atoms with E-state index in [1.54, 1.807) is 6.92 Å². The Hall–Kier alpha value is -2.05. The SMILES string of the molecule is COc1c(N)ncnc1NC(C)C(=O)NC(C)C. The molecule has 0 aliphatic heterocycles. The number of carbonyl (C=O) groups is 1. The van der Waals surface area contributed by atoms with Gasteiger partial charge in [-0.15, -0.1) is 0 Å². The predicted molar refractivity (Wildman–Crippen MR) is 69.4 cm³/mol. The molecular formula is C11H19N5O2. The summed E-state index contributed by atoms with van der Waals surface area (Å²) in [4.78, 5) is 19.6. The van der Waals surface area contributed by atoms with Crippen LogP contribution in [0, 0.1) is 0 Å². The fraction of sp³-hybridized carbons (Fsp3) is 0.545. The number of hydrogen-bond donors (Lipinski definition) is 3. The highest BCUT2D eigenvalue weighted by atomic mass is 16.5. The van der Waals surface area contributed by atoms with Crippen LogP contribution in [0.4, 0.5) is 11.6 Å². The molecule has 0 fully saturated rings. The molecule has 1 heterocycles. The summed E-state index contributed by atoms with van der Waals surface area (Å²) >= 11 is 0. The Bertz CT molecular complexity index is 422. The van der Waals surface area contributed by atoms with Gasteiger partial charge in [-0.2, -0.15) is 0 Å². The van der Waals surface area contributed by atoms with Crippen LogP contribution in [0.2, 0.25) is 0 Å². The Balaban J connectivity index is 2.78. The molecule has 1 amide bonds. The first kappa shape index (κ1) is 14.0. The molecule has 0 radical (unpaired) electrons. The maximum absolute atomic E-state index is 11.8. The largest absolute Gasteiger partial charge is 0.490 e. The summed E-state index contributed by atoms with van der Waals surface area (Å²) < 4.78 is 5.09. The first-order valence-electron chi connectivity index (χ1n) is 5.67. The van der Waals surface area contributed by atoms with Crippen LogP contribution in [0.5, 0.6) is 5.75 Å². The van der Waals surface area contributed by atoms with E-state index in [1.165, 1.54) is 13.4 Å². The van der Waals surface area contributed by atoms with Crippen molar-refractivity contribution in [1.82, 2.24) is 15.3 Å². The van der Waals surface area contributed by atoms with Gasteiger partial charge in [0.15, 0.2) is 11.6 Å². The number of ether oxygens (including phenoxy) is 1. The standard InChI is InChI=1S/C11H19N5O2/c1-6(2)15-11(17)7(3)16-10-8(18-4)9(12)13-5-14-10/h5-7H,1-4H3,(H,15,17)(H3,12,13,14,16). The van der Waals surface area contributed by atoms with Crippen LogP contribution in [-0.2, 0) is 4.79 Å². The van der Waals surface area contributed by atoms with Crippen molar-refractivity contribution in [1.29, 1.82) is 0 Å². The molecule has 100 valence electrons. The lowest BCUT2D eigenvalue weighted by Crippen LogP contribution is -2.41. The van der Waals surface area contributed by atoms with Crippen molar-refractivity contribution in [2.24, 2.45) is 0 Å². The van der Waals surface area contributed by atoms with Crippen LogP contribution < -0.4 is 21.1 Å². The van der Waals surface area contributed by atoms with E-state index in [4.69, 9.17) is 10.5 Å². The van der Waals surface area contributed by atoms with E-state index in [2.05, 4.69) is 20.6 Å². The van der Waals surface area contributed by atoms with E-state index in [0.717, 1.165) is 0 Å². The number of nitrogens with two attached hydrogens (primary N) is 1. The summed E-state index contributed by atoms with van der Waals surface area (Å²) in [6.07, 6.45) is 1.31. The number of anilines is 2. The Labute approximate surface area is 106 Å². The van der Waals surface area contributed by atoms with E-state index in [9.17, 15) is 4.79 Å². The summed E-state index contributed by atoms with van der Waals surface area (Å²) in [7, 11) is 1.47. The van der Waals surface area contributed by atoms with E-state index in [0.29, 0.717) is 11.6 Å². The number of nitrogens with one attached hydrogen (secondary N) is 2. The molecule has 4 N–H and O–H groups in total. The van der Waals surface area contributed by atoms with Crippen LogP contribution >= 0.6 is 0 Å². The zero-order valence-corrected chi connectivity index (χ0v) is 11.0. The summed E-state index contributed by atoms with van der Waals surface area (Å²) in [6, 6.07) is -0.366. The van der Waals surface area contributed by atoms with Crippen LogP contribution in [0.1, 0.15) is 20.8 Å². The lowest BCUT2D eigenvalue weighted by molar-refractivity contribution is -0.122. The van der Waals surface area contributed by atoms with Gasteiger partial charge >= 0.3 is 0 Å². The molecule has 1 rings (SSSR count). The van der Waals surface area contributed by atoms with Gasteiger partial charge in [-0.1, -0.05) is 0 Å². The van der Waals surface area contributed by atoms with Crippen molar-refractivity contribution < 1.29 is 9.53 Å². The minimum atomic E-state index is -0.449. The molecule has 7 nitrogen and oxygen atoms in total. The normalized spacial score (nSPS) is 12.1. The average molecular weight is 253 g/mol. The molecule has 1 unspecified atom stereocenters. The number of rotatable bonds is 5. The first-order chi connectivity index (χ1) is 8.45. The molecule has 1 atom stereocenters. The van der Waals surface area contributed by atoms with Crippen molar-refractivity contribution in [3.63, 3.8) is 0 Å². The smallest absolute Gasteiger partial charge is 0.242 e. The van der Waals surface area contributed by atoms with Gasteiger partial charge in [0.1, 0.15) is 12.4 Å². The highest BCUT2D eigenvalue weighted by Crippen LogP contribution is 2.26. The number of methoxy groups -OCH3 is 1. The molecular weight excluding hydrogens is 234 g/mol. The maximum Gasteiger partial charge on any atom is 0.242 e. The third kappa shape index (κ3) is 3.47. The van der Waals surface area contributed by atoms with E-state index in [1.807, 2.05) is 13.8 Å². The zero-order chi connectivity index (χ0) is 13.7. The summed E-state index contributed by atoms with van der Waals surface area (Å²) in [5, 5.41) is 5.74. The molecule has 1 aromatic heterocycles. The second-order valence-corrected chi connectivity index (χ2v) is 4.17. The molecule has 0 aliphatic rings. The molecule has 0 saturated heterocycles. The van der Waals surface area contributed by atoms with Gasteiger partial charge in [0, 0.05) is 6.04 Å². The monoisotopic (exact) mass is 253 g/mol. The molecule has 7 heteroatoms. The Kier molecular flexibility index (Phi) is 4.70. The maximum atomic E-state index is 11.8. The Morgan fingerprint density at radius 2 is 2.06 bits per heavy atom. The van der Waals surface area contributed by atoms with Crippen LogP contribution in [-0.4, -0.2) is 35.1 Å². The van der Waals surface area contributed by atoms with Crippen molar-refractivity contribution >= 4 is 17.5 Å². The Morgan fingerprint density at radius 3 is 2.61 bits per heavy atom. The fourth-order valence-electron chi connectivity index (χ4n) is 1.37. The molecule has 0 saturated carbocycles. The lowest BCUT2D eigenvalue weighted by atomic mass is 10.2. The van der Waals surface area contributed by atoms with Crippen molar-refractivity contribution in [2.75, 3.05) is 18.2 Å².